The molecule has 2 heterocycles. The summed E-state index contributed by atoms with van der Waals surface area (Å²) < 4.78 is 17.9. The van der Waals surface area contributed by atoms with Gasteiger partial charge in [-0.1, -0.05) is 47.5 Å². The van der Waals surface area contributed by atoms with Gasteiger partial charge in [0.05, 0.1) is 22.3 Å². The Balaban J connectivity index is 1.81. The van der Waals surface area contributed by atoms with Gasteiger partial charge in [0.15, 0.2) is 0 Å². The van der Waals surface area contributed by atoms with Gasteiger partial charge in [0.1, 0.15) is 9.75 Å². The molecule has 0 radical (unpaired) electrons. The van der Waals surface area contributed by atoms with Crippen molar-refractivity contribution in [2.45, 2.75) is 27.7 Å². The van der Waals surface area contributed by atoms with Gasteiger partial charge in [0, 0.05) is 26.1 Å². The summed E-state index contributed by atoms with van der Waals surface area (Å²) >= 11 is 27.4. The maximum absolute atomic E-state index is 7.13. The summed E-state index contributed by atoms with van der Waals surface area (Å²) in [6.07, 6.45) is -0.421. The molecule has 5 rings (SSSR count). The van der Waals surface area contributed by atoms with Crippen molar-refractivity contribution in [3.8, 4) is 0 Å². The summed E-state index contributed by atoms with van der Waals surface area (Å²) in [5, 5.41) is 0.582. The summed E-state index contributed by atoms with van der Waals surface area (Å²) in [5.74, 6) is -1.73. The Labute approximate surface area is 159 Å². The Hall–Kier alpha value is -0.000000000000000222. The van der Waals surface area contributed by atoms with Crippen LogP contribution in [0.5, 0.6) is 0 Å². The van der Waals surface area contributed by atoms with Gasteiger partial charge in [0.25, 0.3) is 0 Å². The Morgan fingerprint density at radius 3 is 1.67 bits per heavy atom. The minimum Gasteiger partial charge on any atom is -0.365 e. The number of alkyl halides is 2. The van der Waals surface area contributed by atoms with Crippen molar-refractivity contribution in [1.82, 2.24) is 0 Å². The van der Waals surface area contributed by atoms with Crippen molar-refractivity contribution < 1.29 is 14.2 Å². The zero-order chi connectivity index (χ0) is 17.1. The van der Waals surface area contributed by atoms with Crippen molar-refractivity contribution in [3.63, 3.8) is 0 Å². The molecule has 0 aromatic heterocycles. The molecule has 1 saturated carbocycles. The average molecular weight is 408 g/mol. The highest BCUT2D eigenvalue weighted by atomic mass is 35.5. The van der Waals surface area contributed by atoms with E-state index in [1.54, 1.807) is 0 Å². The summed E-state index contributed by atoms with van der Waals surface area (Å²) in [5.41, 5.74) is 2.25. The number of hydrogen-bond donors (Lipinski definition) is 0. The third-order valence-electron chi connectivity index (χ3n) is 6.22. The fourth-order valence-corrected chi connectivity index (χ4v) is 7.70. The van der Waals surface area contributed by atoms with E-state index in [0.29, 0.717) is 10.1 Å². The van der Waals surface area contributed by atoms with Crippen LogP contribution in [0.4, 0.5) is 0 Å². The van der Waals surface area contributed by atoms with E-state index >= 15 is 0 Å². The quantitative estimate of drug-likeness (QED) is 0.525. The van der Waals surface area contributed by atoms with E-state index in [2.05, 4.69) is 12.1 Å². The number of methoxy groups -OCH3 is 2. The van der Waals surface area contributed by atoms with Gasteiger partial charge in [-0.2, -0.15) is 0 Å². The molecule has 7 heteroatoms. The monoisotopic (exact) mass is 406 g/mol. The second kappa shape index (κ2) is 4.64. The van der Waals surface area contributed by atoms with Crippen LogP contribution >= 0.6 is 46.4 Å². The summed E-state index contributed by atoms with van der Waals surface area (Å²) in [4.78, 5) is -2.40. The lowest BCUT2D eigenvalue weighted by Crippen LogP contribution is -2.58. The molecule has 6 atom stereocenters. The van der Waals surface area contributed by atoms with E-state index in [1.807, 2.05) is 12.1 Å². The minimum absolute atomic E-state index is 0.188. The van der Waals surface area contributed by atoms with Crippen molar-refractivity contribution in [1.29, 1.82) is 0 Å². The molecule has 6 unspecified atom stereocenters. The van der Waals surface area contributed by atoms with Crippen LogP contribution in [0, 0.1) is 11.8 Å². The van der Waals surface area contributed by atoms with E-state index in [1.165, 1.54) is 14.2 Å². The van der Waals surface area contributed by atoms with Gasteiger partial charge >= 0.3 is 0 Å². The van der Waals surface area contributed by atoms with Gasteiger partial charge in [0.2, 0.25) is 5.79 Å². The van der Waals surface area contributed by atoms with Crippen LogP contribution in [0.3, 0.4) is 0 Å². The highest BCUT2D eigenvalue weighted by Crippen LogP contribution is 2.81. The van der Waals surface area contributed by atoms with Crippen LogP contribution in [0.15, 0.2) is 34.3 Å². The lowest BCUT2D eigenvalue weighted by Gasteiger charge is -2.42. The fourth-order valence-electron chi connectivity index (χ4n) is 5.46. The van der Waals surface area contributed by atoms with Gasteiger partial charge in [-0.25, -0.2) is 0 Å². The van der Waals surface area contributed by atoms with Crippen molar-refractivity contribution >= 4 is 46.4 Å². The molecule has 128 valence electrons. The molecule has 1 aromatic rings. The SMILES string of the molecule is COC1(OC)C2(Cl)C(Cl)=C(Cl)C1(Cl)C1C3OC(c4ccccc43)C12. The average Bonchev–Trinajstić information content (AvgIpc) is 3.24. The van der Waals surface area contributed by atoms with Crippen LogP contribution in [0.25, 0.3) is 0 Å². The molecule has 0 spiro atoms. The second-order valence-corrected chi connectivity index (χ2v) is 8.68. The fraction of sp³-hybridized carbons (Fsp3) is 0.529. The molecular formula is C17H14Cl4O3. The smallest absolute Gasteiger partial charge is 0.217 e. The predicted molar refractivity (Wildman–Crippen MR) is 92.6 cm³/mol. The first-order valence-electron chi connectivity index (χ1n) is 7.68. The first-order valence-corrected chi connectivity index (χ1v) is 9.20. The number of hydrogen-bond acceptors (Lipinski definition) is 3. The molecule has 4 aliphatic rings. The largest absolute Gasteiger partial charge is 0.365 e. The molecule has 4 bridgehead atoms. The van der Waals surface area contributed by atoms with E-state index < -0.39 is 15.5 Å². The van der Waals surface area contributed by atoms with Gasteiger partial charge in [-0.3, -0.25) is 0 Å². The lowest BCUT2D eigenvalue weighted by molar-refractivity contribution is -0.227. The molecule has 2 aliphatic carbocycles. The first kappa shape index (κ1) is 16.2. The first-order chi connectivity index (χ1) is 11.4. The minimum atomic E-state index is -1.35. The maximum Gasteiger partial charge on any atom is 0.217 e. The van der Waals surface area contributed by atoms with Crippen molar-refractivity contribution in [3.05, 3.63) is 45.5 Å². The van der Waals surface area contributed by atoms with Gasteiger partial charge in [-0.15, -0.1) is 23.2 Å². The number of rotatable bonds is 2. The predicted octanol–water partition coefficient (Wildman–Crippen LogP) is 4.71. The summed E-state index contributed by atoms with van der Waals surface area (Å²) in [6.45, 7) is 0. The molecule has 1 aromatic carbocycles. The van der Waals surface area contributed by atoms with E-state index in [-0.39, 0.29) is 24.0 Å². The van der Waals surface area contributed by atoms with E-state index in [4.69, 9.17) is 60.6 Å². The van der Waals surface area contributed by atoms with Crippen LogP contribution in [0.1, 0.15) is 23.3 Å². The zero-order valence-corrected chi connectivity index (χ0v) is 15.9. The van der Waals surface area contributed by atoms with Gasteiger partial charge < -0.3 is 14.2 Å². The number of ether oxygens (including phenoxy) is 3. The van der Waals surface area contributed by atoms with Crippen LogP contribution in [-0.2, 0) is 14.2 Å². The molecule has 1 saturated heterocycles. The Morgan fingerprint density at radius 1 is 0.875 bits per heavy atom. The molecule has 0 N–H and O–H groups in total. The summed E-state index contributed by atoms with van der Waals surface area (Å²) in [7, 11) is 3.04. The number of fused-ring (bicyclic) bond motifs is 12. The number of halogens is 4. The molecule has 3 nitrogen and oxygen atoms in total. The highest BCUT2D eigenvalue weighted by molar-refractivity contribution is 6.52. The molecule has 2 fully saturated rings. The van der Waals surface area contributed by atoms with Crippen LogP contribution in [0.2, 0.25) is 0 Å². The normalized spacial score (nSPS) is 46.6. The van der Waals surface area contributed by atoms with Crippen LogP contribution in [-0.4, -0.2) is 29.8 Å². The van der Waals surface area contributed by atoms with Crippen molar-refractivity contribution in [2.75, 3.05) is 14.2 Å². The Morgan fingerprint density at radius 2 is 1.29 bits per heavy atom. The number of benzene rings is 1. The van der Waals surface area contributed by atoms with E-state index in [0.717, 1.165) is 11.1 Å². The van der Waals surface area contributed by atoms with Gasteiger partial charge in [-0.05, 0) is 11.1 Å². The third-order valence-corrected chi connectivity index (χ3v) is 8.87. The third kappa shape index (κ3) is 1.28. The molecule has 2 aliphatic heterocycles. The topological polar surface area (TPSA) is 27.7 Å². The summed E-state index contributed by atoms with van der Waals surface area (Å²) in [6, 6.07) is 8.10. The molecular weight excluding hydrogens is 394 g/mol. The molecule has 24 heavy (non-hydrogen) atoms. The highest BCUT2D eigenvalue weighted by Gasteiger charge is 2.89. The van der Waals surface area contributed by atoms with E-state index in [9.17, 15) is 0 Å². The Bertz CT molecular complexity index is 733. The Kier molecular flexibility index (Phi) is 3.13. The molecule has 0 amide bonds. The second-order valence-electron chi connectivity index (χ2n) is 6.73. The van der Waals surface area contributed by atoms with Crippen molar-refractivity contribution in [2.24, 2.45) is 11.8 Å². The zero-order valence-electron chi connectivity index (χ0n) is 12.9. The maximum atomic E-state index is 7.13. The van der Waals surface area contributed by atoms with Crippen LogP contribution < -0.4 is 0 Å². The lowest BCUT2D eigenvalue weighted by atomic mass is 9.70. The standard InChI is InChI=1S/C17H14Cl4O3/c1-22-17(23-2)15(20)9-10(16(17,21)14(19)13(15)18)12-8-6-4-3-5-7(8)11(9)24-12/h3-6,9-12H,1-2H3.